The SMILES string of the molecule is COc1cc([C@H]2C(C#N)=C(N)N(c3sc4c(c3C#N)CCCC4)C3=C2C(=O)CC(C)(C)C3)cc(OC)c1OC. The van der Waals surface area contributed by atoms with Gasteiger partial charge in [0.15, 0.2) is 17.3 Å². The van der Waals surface area contributed by atoms with Crippen molar-refractivity contribution in [2.45, 2.75) is 58.3 Å². The lowest BCUT2D eigenvalue weighted by molar-refractivity contribution is -0.118. The molecule has 0 bridgehead atoms. The highest BCUT2D eigenvalue weighted by atomic mass is 32.1. The summed E-state index contributed by atoms with van der Waals surface area (Å²) in [6.07, 6.45) is 4.79. The molecule has 1 aromatic heterocycles. The summed E-state index contributed by atoms with van der Waals surface area (Å²) in [7, 11) is 4.58. The Hall–Kier alpha value is -3.95. The second kappa shape index (κ2) is 9.98. The largest absolute Gasteiger partial charge is 0.493 e. The molecular formula is C30H32N4O4S. The molecule has 8 nitrogen and oxygen atoms in total. The summed E-state index contributed by atoms with van der Waals surface area (Å²) >= 11 is 1.56. The number of ketones is 1. The molecule has 0 unspecified atom stereocenters. The minimum absolute atomic E-state index is 0.0370. The quantitative estimate of drug-likeness (QED) is 0.526. The highest BCUT2D eigenvalue weighted by Crippen LogP contribution is 2.54. The van der Waals surface area contributed by atoms with Crippen LogP contribution in [0, 0.1) is 28.1 Å². The summed E-state index contributed by atoms with van der Waals surface area (Å²) in [6, 6.07) is 8.28. The van der Waals surface area contributed by atoms with Crippen molar-refractivity contribution >= 4 is 22.1 Å². The van der Waals surface area contributed by atoms with Crippen LogP contribution in [-0.2, 0) is 17.6 Å². The topological polar surface area (TPSA) is 122 Å². The maximum absolute atomic E-state index is 13.9. The fraction of sp³-hybridized carbons (Fsp3) is 0.433. The highest BCUT2D eigenvalue weighted by molar-refractivity contribution is 7.16. The number of Topliss-reactive ketones (excluding diaryl/α,β-unsaturated/α-hetero) is 1. The van der Waals surface area contributed by atoms with Gasteiger partial charge in [0.25, 0.3) is 0 Å². The molecule has 39 heavy (non-hydrogen) atoms. The summed E-state index contributed by atoms with van der Waals surface area (Å²) in [4.78, 5) is 17.0. The predicted octanol–water partition coefficient (Wildman–Crippen LogP) is 5.47. The van der Waals surface area contributed by atoms with Gasteiger partial charge in [0.1, 0.15) is 16.9 Å². The maximum Gasteiger partial charge on any atom is 0.203 e. The molecule has 0 spiro atoms. The molecule has 0 amide bonds. The molecule has 3 aliphatic rings. The highest BCUT2D eigenvalue weighted by Gasteiger charge is 2.46. The van der Waals surface area contributed by atoms with Crippen molar-refractivity contribution < 1.29 is 19.0 Å². The number of thiophene rings is 1. The molecule has 0 saturated heterocycles. The lowest BCUT2D eigenvalue weighted by atomic mass is 9.68. The van der Waals surface area contributed by atoms with Crippen LogP contribution in [0.4, 0.5) is 5.00 Å². The third-order valence-electron chi connectivity index (χ3n) is 7.87. The van der Waals surface area contributed by atoms with E-state index >= 15 is 0 Å². The first-order chi connectivity index (χ1) is 18.7. The van der Waals surface area contributed by atoms with Gasteiger partial charge in [-0.3, -0.25) is 9.69 Å². The van der Waals surface area contributed by atoms with Crippen molar-refractivity contribution in [1.82, 2.24) is 0 Å². The van der Waals surface area contributed by atoms with E-state index in [1.165, 1.54) is 26.2 Å². The van der Waals surface area contributed by atoms with Gasteiger partial charge in [-0.25, -0.2) is 0 Å². The van der Waals surface area contributed by atoms with E-state index in [0.717, 1.165) is 36.9 Å². The predicted molar refractivity (Wildman–Crippen MR) is 149 cm³/mol. The molecule has 2 N–H and O–H groups in total. The zero-order valence-corrected chi connectivity index (χ0v) is 23.8. The summed E-state index contributed by atoms with van der Waals surface area (Å²) < 4.78 is 16.7. The van der Waals surface area contributed by atoms with Gasteiger partial charge in [0.05, 0.1) is 44.5 Å². The summed E-state index contributed by atoms with van der Waals surface area (Å²) in [5, 5.41) is 21.4. The van der Waals surface area contributed by atoms with E-state index in [1.807, 2.05) is 4.90 Å². The first kappa shape index (κ1) is 26.6. The molecular weight excluding hydrogens is 512 g/mol. The van der Waals surface area contributed by atoms with Gasteiger partial charge in [-0.1, -0.05) is 13.8 Å². The number of methoxy groups -OCH3 is 3. The molecule has 2 aliphatic carbocycles. The Balaban J connectivity index is 1.80. The van der Waals surface area contributed by atoms with Crippen molar-refractivity contribution in [3.05, 3.63) is 56.4 Å². The molecule has 202 valence electrons. The Morgan fingerprint density at radius 3 is 2.28 bits per heavy atom. The first-order valence-corrected chi connectivity index (χ1v) is 13.8. The zero-order chi connectivity index (χ0) is 28.1. The fourth-order valence-corrected chi connectivity index (χ4v) is 7.54. The lowest BCUT2D eigenvalue weighted by Gasteiger charge is -2.43. The molecule has 2 aromatic rings. The van der Waals surface area contributed by atoms with Gasteiger partial charge < -0.3 is 19.9 Å². The molecule has 0 fully saturated rings. The monoisotopic (exact) mass is 544 g/mol. The van der Waals surface area contributed by atoms with Crippen LogP contribution in [0.2, 0.25) is 0 Å². The number of carbonyl (C=O) groups excluding carboxylic acids is 1. The fourth-order valence-electron chi connectivity index (χ4n) is 6.17. The number of aryl methyl sites for hydroxylation is 1. The van der Waals surface area contributed by atoms with E-state index in [9.17, 15) is 15.3 Å². The van der Waals surface area contributed by atoms with Gasteiger partial charge in [0.2, 0.25) is 5.75 Å². The van der Waals surface area contributed by atoms with E-state index in [2.05, 4.69) is 26.0 Å². The summed E-state index contributed by atoms with van der Waals surface area (Å²) in [5.74, 6) is 0.770. The zero-order valence-electron chi connectivity index (χ0n) is 22.9. The van der Waals surface area contributed by atoms with Crippen LogP contribution >= 0.6 is 11.3 Å². The Bertz CT molecular complexity index is 1490. The van der Waals surface area contributed by atoms with Gasteiger partial charge in [0, 0.05) is 22.6 Å². The van der Waals surface area contributed by atoms with Crippen LogP contribution in [-0.4, -0.2) is 27.1 Å². The van der Waals surface area contributed by atoms with E-state index in [-0.39, 0.29) is 22.6 Å². The lowest BCUT2D eigenvalue weighted by Crippen LogP contribution is -2.42. The Morgan fingerprint density at radius 1 is 1.03 bits per heavy atom. The Kier molecular flexibility index (Phi) is 6.82. The van der Waals surface area contributed by atoms with Crippen molar-refractivity contribution in [3.8, 4) is 29.4 Å². The van der Waals surface area contributed by atoms with E-state index < -0.39 is 5.92 Å². The minimum atomic E-state index is -0.710. The molecule has 1 aliphatic heterocycles. The number of benzene rings is 1. The molecule has 0 radical (unpaired) electrons. The standard InChI is InChI=1S/C30H32N4O4S/c1-30(2)12-20-26(21(35)13-30)25(16-10-22(36-3)27(38-5)23(11-16)37-4)19(15-32)28(33)34(20)29-18(14-31)17-8-6-7-9-24(17)39-29/h10-11,25H,6-9,12-13,33H2,1-5H3/t25-/m0/s1. The number of fused-ring (bicyclic) bond motifs is 1. The molecule has 5 rings (SSSR count). The second-order valence-electron chi connectivity index (χ2n) is 10.9. The normalized spacial score (nSPS) is 20.1. The second-order valence-corrected chi connectivity index (χ2v) is 12.0. The smallest absolute Gasteiger partial charge is 0.203 e. The maximum atomic E-state index is 13.9. The molecule has 9 heteroatoms. The van der Waals surface area contributed by atoms with Crippen LogP contribution in [0.25, 0.3) is 0 Å². The molecule has 1 atom stereocenters. The Morgan fingerprint density at radius 2 is 1.69 bits per heavy atom. The number of allylic oxidation sites excluding steroid dienone is 3. The average molecular weight is 545 g/mol. The van der Waals surface area contributed by atoms with Crippen LogP contribution in [0.3, 0.4) is 0 Å². The molecule has 1 aromatic carbocycles. The third-order valence-corrected chi connectivity index (χ3v) is 9.15. The first-order valence-electron chi connectivity index (χ1n) is 13.0. The Labute approximate surface area is 232 Å². The summed E-state index contributed by atoms with van der Waals surface area (Å²) in [5.41, 5.74) is 10.4. The van der Waals surface area contributed by atoms with E-state index in [4.69, 9.17) is 19.9 Å². The van der Waals surface area contributed by atoms with Crippen molar-refractivity contribution in [2.24, 2.45) is 11.1 Å². The number of hydrogen-bond donors (Lipinski definition) is 1. The number of anilines is 1. The molecule has 2 heterocycles. The van der Waals surface area contributed by atoms with E-state index in [1.54, 1.807) is 23.5 Å². The van der Waals surface area contributed by atoms with Crippen LogP contribution in [0.15, 0.2) is 34.8 Å². The number of nitrogens with zero attached hydrogens (tertiary/aromatic N) is 3. The third kappa shape index (κ3) is 4.22. The molecule has 0 saturated carbocycles. The van der Waals surface area contributed by atoms with E-state index in [0.29, 0.717) is 51.8 Å². The van der Waals surface area contributed by atoms with Crippen LogP contribution in [0.5, 0.6) is 17.2 Å². The van der Waals surface area contributed by atoms with Crippen LogP contribution in [0.1, 0.15) is 67.0 Å². The summed E-state index contributed by atoms with van der Waals surface area (Å²) in [6.45, 7) is 4.12. The van der Waals surface area contributed by atoms with Gasteiger partial charge >= 0.3 is 0 Å². The number of carbonyl (C=O) groups is 1. The number of rotatable bonds is 5. The van der Waals surface area contributed by atoms with Gasteiger partial charge in [-0.05, 0) is 60.8 Å². The number of nitrogens with two attached hydrogens (primary N) is 1. The van der Waals surface area contributed by atoms with Gasteiger partial charge in [-0.2, -0.15) is 10.5 Å². The average Bonchev–Trinajstić information content (AvgIpc) is 3.28. The van der Waals surface area contributed by atoms with Crippen molar-refractivity contribution in [3.63, 3.8) is 0 Å². The van der Waals surface area contributed by atoms with Crippen molar-refractivity contribution in [1.29, 1.82) is 10.5 Å². The number of nitriles is 2. The van der Waals surface area contributed by atoms with Crippen LogP contribution < -0.4 is 24.8 Å². The minimum Gasteiger partial charge on any atom is -0.493 e. The van der Waals surface area contributed by atoms with Crippen molar-refractivity contribution in [2.75, 3.05) is 26.2 Å². The number of hydrogen-bond acceptors (Lipinski definition) is 9. The van der Waals surface area contributed by atoms with Gasteiger partial charge in [-0.15, -0.1) is 11.3 Å². The number of ether oxygens (including phenoxy) is 3.